The molecule has 91 valence electrons. The SMILES string of the molecule is O.O=C(OCc1ccccc1)c1cc[c-]cc1.[Y]. The van der Waals surface area contributed by atoms with Crippen LogP contribution in [-0.4, -0.2) is 11.4 Å². The number of hydrogen-bond acceptors (Lipinski definition) is 2. The van der Waals surface area contributed by atoms with E-state index in [-0.39, 0.29) is 44.2 Å². The van der Waals surface area contributed by atoms with E-state index in [1.807, 2.05) is 30.3 Å². The van der Waals surface area contributed by atoms with Crippen LogP contribution in [0.25, 0.3) is 0 Å². The van der Waals surface area contributed by atoms with Gasteiger partial charge in [0, 0.05) is 32.7 Å². The number of rotatable bonds is 3. The van der Waals surface area contributed by atoms with Gasteiger partial charge in [-0.1, -0.05) is 30.3 Å². The molecule has 0 amide bonds. The summed E-state index contributed by atoms with van der Waals surface area (Å²) in [4.78, 5) is 11.6. The van der Waals surface area contributed by atoms with Crippen molar-refractivity contribution in [3.05, 3.63) is 71.8 Å². The van der Waals surface area contributed by atoms with Gasteiger partial charge in [-0.05, 0) is 11.1 Å². The predicted octanol–water partition coefficient (Wildman–Crippen LogP) is 2.02. The number of esters is 1. The van der Waals surface area contributed by atoms with Crippen molar-refractivity contribution in [2.24, 2.45) is 0 Å². The zero-order valence-corrected chi connectivity index (χ0v) is 12.6. The van der Waals surface area contributed by atoms with Crippen molar-refractivity contribution in [2.45, 2.75) is 6.61 Å². The Hall–Kier alpha value is -1.03. The van der Waals surface area contributed by atoms with E-state index in [0.717, 1.165) is 5.56 Å². The molecule has 3 nitrogen and oxygen atoms in total. The summed E-state index contributed by atoms with van der Waals surface area (Å²) in [6, 6.07) is 19.2. The average Bonchev–Trinajstić information content (AvgIpc) is 2.38. The molecule has 0 heterocycles. The van der Waals surface area contributed by atoms with E-state index in [0.29, 0.717) is 12.2 Å². The van der Waals surface area contributed by atoms with Crippen molar-refractivity contribution in [3.63, 3.8) is 0 Å². The minimum atomic E-state index is -0.308. The van der Waals surface area contributed by atoms with Gasteiger partial charge in [0.25, 0.3) is 0 Å². The van der Waals surface area contributed by atoms with Crippen LogP contribution < -0.4 is 0 Å². The molecule has 2 rings (SSSR count). The van der Waals surface area contributed by atoms with Crippen molar-refractivity contribution < 1.29 is 47.7 Å². The van der Waals surface area contributed by atoms with Gasteiger partial charge in [0.05, 0.1) is 0 Å². The second-order valence-electron chi connectivity index (χ2n) is 3.35. The Morgan fingerprint density at radius 1 is 1.06 bits per heavy atom. The molecule has 2 N–H and O–H groups in total. The van der Waals surface area contributed by atoms with Gasteiger partial charge < -0.3 is 10.2 Å². The van der Waals surface area contributed by atoms with E-state index < -0.39 is 0 Å². The summed E-state index contributed by atoms with van der Waals surface area (Å²) in [5.41, 5.74) is 1.54. The molecule has 0 aromatic heterocycles. The smallest absolute Gasteiger partial charge is 0.313 e. The minimum Gasteiger partial charge on any atom is -0.459 e. The van der Waals surface area contributed by atoms with E-state index in [1.165, 1.54) is 0 Å². The molecule has 4 heteroatoms. The fraction of sp³-hybridized carbons (Fsp3) is 0.0714. The van der Waals surface area contributed by atoms with Crippen LogP contribution in [0.1, 0.15) is 15.9 Å². The second-order valence-corrected chi connectivity index (χ2v) is 3.35. The van der Waals surface area contributed by atoms with Crippen LogP contribution in [0.15, 0.2) is 54.6 Å². The molecule has 0 fully saturated rings. The van der Waals surface area contributed by atoms with Gasteiger partial charge in [0.2, 0.25) is 0 Å². The summed E-state index contributed by atoms with van der Waals surface area (Å²) < 4.78 is 5.16. The zero-order valence-electron chi connectivity index (χ0n) is 9.80. The molecule has 0 saturated carbocycles. The average molecular weight is 318 g/mol. The van der Waals surface area contributed by atoms with E-state index in [4.69, 9.17) is 4.74 Å². The topological polar surface area (TPSA) is 57.8 Å². The van der Waals surface area contributed by atoms with Gasteiger partial charge in [-0.25, -0.2) is 4.79 Å². The molecule has 18 heavy (non-hydrogen) atoms. The second kappa shape index (κ2) is 8.98. The van der Waals surface area contributed by atoms with Gasteiger partial charge in [0.1, 0.15) is 6.61 Å². The molecule has 0 bridgehead atoms. The van der Waals surface area contributed by atoms with Crippen LogP contribution in [0.3, 0.4) is 0 Å². The Kier molecular flexibility index (Phi) is 8.47. The molecular formula is C14H13O3Y-. The quantitative estimate of drug-likeness (QED) is 0.642. The van der Waals surface area contributed by atoms with Crippen molar-refractivity contribution in [2.75, 3.05) is 0 Å². The fourth-order valence-corrected chi connectivity index (χ4v) is 1.33. The summed E-state index contributed by atoms with van der Waals surface area (Å²) in [5.74, 6) is -0.308. The largest absolute Gasteiger partial charge is 0.459 e. The first-order chi connectivity index (χ1) is 7.86. The van der Waals surface area contributed by atoms with Crippen molar-refractivity contribution >= 4 is 5.97 Å². The molecule has 0 aliphatic rings. The third-order valence-corrected chi connectivity index (χ3v) is 2.17. The maximum Gasteiger partial charge on any atom is 0.313 e. The summed E-state index contributed by atoms with van der Waals surface area (Å²) >= 11 is 0. The molecule has 0 aliphatic heterocycles. The summed E-state index contributed by atoms with van der Waals surface area (Å²) in [5, 5.41) is 0. The molecule has 0 unspecified atom stereocenters. The van der Waals surface area contributed by atoms with Gasteiger partial charge in [-0.2, -0.15) is 30.3 Å². The van der Waals surface area contributed by atoms with Gasteiger partial charge in [-0.3, -0.25) is 0 Å². The molecule has 0 spiro atoms. The van der Waals surface area contributed by atoms with E-state index in [2.05, 4.69) is 6.07 Å². The molecule has 1 radical (unpaired) electrons. The summed E-state index contributed by atoms with van der Waals surface area (Å²) in [7, 11) is 0. The van der Waals surface area contributed by atoms with Crippen LogP contribution in [-0.2, 0) is 44.1 Å². The Balaban J connectivity index is 0.00000144. The van der Waals surface area contributed by atoms with Crippen molar-refractivity contribution in [1.82, 2.24) is 0 Å². The maximum absolute atomic E-state index is 11.6. The van der Waals surface area contributed by atoms with Crippen LogP contribution in [0.2, 0.25) is 0 Å². The zero-order chi connectivity index (χ0) is 11.2. The monoisotopic (exact) mass is 318 g/mol. The van der Waals surface area contributed by atoms with Gasteiger partial charge in [0.15, 0.2) is 0 Å². The standard InChI is InChI=1S/C14H11O2.H2O.Y/c15-14(13-9-5-2-6-10-13)16-11-12-7-3-1-4-8-12;;/h1,3-10H,11H2;1H2;/q-1;;. The van der Waals surface area contributed by atoms with Crippen LogP contribution in [0.5, 0.6) is 0 Å². The van der Waals surface area contributed by atoms with Gasteiger partial charge in [-0.15, -0.1) is 0 Å². The molecule has 2 aromatic carbocycles. The Morgan fingerprint density at radius 2 is 1.67 bits per heavy atom. The third kappa shape index (κ3) is 5.09. The molecule has 0 atom stereocenters. The molecule has 0 aliphatic carbocycles. The third-order valence-electron chi connectivity index (χ3n) is 2.17. The number of carbonyl (C=O) groups excluding carboxylic acids is 1. The van der Waals surface area contributed by atoms with Crippen LogP contribution in [0, 0.1) is 6.07 Å². The Morgan fingerprint density at radius 3 is 2.28 bits per heavy atom. The first-order valence-electron chi connectivity index (χ1n) is 5.03. The molecular weight excluding hydrogens is 305 g/mol. The van der Waals surface area contributed by atoms with Crippen molar-refractivity contribution in [3.8, 4) is 0 Å². The fourth-order valence-electron chi connectivity index (χ4n) is 1.33. The van der Waals surface area contributed by atoms with E-state index in [9.17, 15) is 4.79 Å². The summed E-state index contributed by atoms with van der Waals surface area (Å²) in [6.07, 6.45) is 0. The Bertz CT molecular complexity index is 457. The number of hydrogen-bond donors (Lipinski definition) is 0. The van der Waals surface area contributed by atoms with Crippen LogP contribution in [0.4, 0.5) is 0 Å². The number of benzene rings is 2. The Labute approximate surface area is 131 Å². The summed E-state index contributed by atoms with van der Waals surface area (Å²) in [6.45, 7) is 0.304. The van der Waals surface area contributed by atoms with E-state index >= 15 is 0 Å². The minimum absolute atomic E-state index is 0. The maximum atomic E-state index is 11.6. The van der Waals surface area contributed by atoms with Crippen LogP contribution >= 0.6 is 0 Å². The number of carbonyl (C=O) groups is 1. The molecule has 2 aromatic rings. The molecule has 0 saturated heterocycles. The number of ether oxygens (including phenoxy) is 1. The predicted molar refractivity (Wildman–Crippen MR) is 64.5 cm³/mol. The first-order valence-corrected chi connectivity index (χ1v) is 5.03. The van der Waals surface area contributed by atoms with Crippen molar-refractivity contribution in [1.29, 1.82) is 0 Å². The van der Waals surface area contributed by atoms with E-state index in [1.54, 1.807) is 24.3 Å². The first kappa shape index (κ1) is 17.0. The van der Waals surface area contributed by atoms with Gasteiger partial charge >= 0.3 is 5.97 Å². The normalized spacial score (nSPS) is 8.67.